The number of anilines is 1. The van der Waals surface area contributed by atoms with Crippen molar-refractivity contribution in [1.82, 2.24) is 9.55 Å². The zero-order valence-corrected chi connectivity index (χ0v) is 16.7. The number of halogens is 1. The number of benzene rings is 3. The van der Waals surface area contributed by atoms with Crippen LogP contribution in [-0.4, -0.2) is 21.2 Å². The Labute approximate surface area is 169 Å². The first kappa shape index (κ1) is 17.8. The maximum Gasteiger partial charge on any atom is 0.234 e. The molecule has 1 amide bonds. The fourth-order valence-electron chi connectivity index (χ4n) is 2.79. The van der Waals surface area contributed by atoms with Gasteiger partial charge in [0.2, 0.25) is 5.91 Å². The molecule has 0 aliphatic heterocycles. The highest BCUT2D eigenvalue weighted by Crippen LogP contribution is 2.28. The topological polar surface area (TPSA) is 46.9 Å². The maximum absolute atomic E-state index is 12.4. The SMILES string of the molecule is O=C(CSc1nc2ccccc2n1-c1ccccc1)Nc1ccc(Br)cc1. The van der Waals surface area contributed by atoms with Crippen molar-refractivity contribution in [3.05, 3.63) is 83.3 Å². The lowest BCUT2D eigenvalue weighted by molar-refractivity contribution is -0.113. The summed E-state index contributed by atoms with van der Waals surface area (Å²) in [5.74, 6) is 0.223. The van der Waals surface area contributed by atoms with Crippen LogP contribution in [0.25, 0.3) is 16.7 Å². The molecule has 4 nitrogen and oxygen atoms in total. The van der Waals surface area contributed by atoms with E-state index in [0.717, 1.165) is 32.0 Å². The van der Waals surface area contributed by atoms with Crippen LogP contribution in [0.2, 0.25) is 0 Å². The number of nitrogens with zero attached hydrogens (tertiary/aromatic N) is 2. The molecule has 0 fully saturated rings. The van der Waals surface area contributed by atoms with E-state index in [4.69, 9.17) is 4.98 Å². The molecule has 0 bridgehead atoms. The van der Waals surface area contributed by atoms with Crippen molar-refractivity contribution in [1.29, 1.82) is 0 Å². The van der Waals surface area contributed by atoms with Gasteiger partial charge in [0.25, 0.3) is 0 Å². The van der Waals surface area contributed by atoms with Crippen molar-refractivity contribution in [2.75, 3.05) is 11.1 Å². The second-order valence-electron chi connectivity index (χ2n) is 5.90. The molecule has 4 aromatic rings. The third-order valence-electron chi connectivity index (χ3n) is 4.00. The molecular weight excluding hydrogens is 422 g/mol. The highest BCUT2D eigenvalue weighted by molar-refractivity contribution is 9.10. The number of fused-ring (bicyclic) bond motifs is 1. The van der Waals surface area contributed by atoms with Crippen LogP contribution in [0.15, 0.2) is 88.5 Å². The van der Waals surface area contributed by atoms with Gasteiger partial charge in [-0.3, -0.25) is 9.36 Å². The first-order valence-electron chi connectivity index (χ1n) is 8.42. The third-order valence-corrected chi connectivity index (χ3v) is 5.47. The van der Waals surface area contributed by atoms with Gasteiger partial charge in [-0.2, -0.15) is 0 Å². The van der Waals surface area contributed by atoms with E-state index in [2.05, 4.69) is 25.8 Å². The number of nitrogens with one attached hydrogen (secondary N) is 1. The van der Waals surface area contributed by atoms with E-state index < -0.39 is 0 Å². The molecule has 3 aromatic carbocycles. The zero-order valence-electron chi connectivity index (χ0n) is 14.3. The van der Waals surface area contributed by atoms with Gasteiger partial charge in [-0.05, 0) is 48.5 Å². The predicted molar refractivity (Wildman–Crippen MR) is 115 cm³/mol. The van der Waals surface area contributed by atoms with Crippen LogP contribution in [0.3, 0.4) is 0 Å². The lowest BCUT2D eigenvalue weighted by Gasteiger charge is -2.09. The Hall–Kier alpha value is -2.57. The molecule has 0 spiro atoms. The highest BCUT2D eigenvalue weighted by atomic mass is 79.9. The first-order valence-corrected chi connectivity index (χ1v) is 10.2. The van der Waals surface area contributed by atoms with E-state index in [9.17, 15) is 4.79 Å². The number of aromatic nitrogens is 2. The molecule has 4 rings (SSSR count). The number of rotatable bonds is 5. The Morgan fingerprint density at radius 1 is 0.963 bits per heavy atom. The van der Waals surface area contributed by atoms with Gasteiger partial charge < -0.3 is 5.32 Å². The van der Waals surface area contributed by atoms with Crippen molar-refractivity contribution in [2.45, 2.75) is 5.16 Å². The second-order valence-corrected chi connectivity index (χ2v) is 7.76. The summed E-state index contributed by atoms with van der Waals surface area (Å²) in [6.45, 7) is 0. The van der Waals surface area contributed by atoms with E-state index >= 15 is 0 Å². The Morgan fingerprint density at radius 3 is 2.44 bits per heavy atom. The van der Waals surface area contributed by atoms with Gasteiger partial charge in [0.15, 0.2) is 5.16 Å². The zero-order chi connectivity index (χ0) is 18.6. The molecule has 0 atom stereocenters. The van der Waals surface area contributed by atoms with Crippen LogP contribution in [0.1, 0.15) is 0 Å². The summed E-state index contributed by atoms with van der Waals surface area (Å²) in [5.41, 5.74) is 3.75. The molecule has 0 aliphatic rings. The molecular formula is C21H16BrN3OS. The fraction of sp³-hybridized carbons (Fsp3) is 0.0476. The fourth-order valence-corrected chi connectivity index (χ4v) is 3.88. The van der Waals surface area contributed by atoms with Crippen molar-refractivity contribution in [2.24, 2.45) is 0 Å². The summed E-state index contributed by atoms with van der Waals surface area (Å²) >= 11 is 4.82. The molecule has 6 heteroatoms. The Bertz CT molecular complexity index is 1080. The number of para-hydroxylation sites is 3. The largest absolute Gasteiger partial charge is 0.325 e. The molecule has 0 radical (unpaired) electrons. The predicted octanol–water partition coefficient (Wildman–Crippen LogP) is 5.52. The number of carbonyl (C=O) groups excluding carboxylic acids is 1. The van der Waals surface area contributed by atoms with Crippen molar-refractivity contribution >= 4 is 50.3 Å². The van der Waals surface area contributed by atoms with Gasteiger partial charge in [0.1, 0.15) is 0 Å². The van der Waals surface area contributed by atoms with E-state index in [1.54, 1.807) is 0 Å². The second kappa shape index (κ2) is 7.98. The van der Waals surface area contributed by atoms with Crippen LogP contribution < -0.4 is 5.32 Å². The normalized spacial score (nSPS) is 10.9. The molecule has 1 aromatic heterocycles. The van der Waals surface area contributed by atoms with Crippen molar-refractivity contribution < 1.29 is 4.79 Å². The Kier molecular flexibility index (Phi) is 5.27. The molecule has 1 N–H and O–H groups in total. The van der Waals surface area contributed by atoms with Gasteiger partial charge in [-0.25, -0.2) is 4.98 Å². The van der Waals surface area contributed by atoms with Crippen LogP contribution in [0.5, 0.6) is 0 Å². The van der Waals surface area contributed by atoms with Gasteiger partial charge >= 0.3 is 0 Å². The molecule has 134 valence electrons. The van der Waals surface area contributed by atoms with E-state index in [1.807, 2.05) is 78.9 Å². The summed E-state index contributed by atoms with van der Waals surface area (Å²) in [5, 5.41) is 3.71. The van der Waals surface area contributed by atoms with Crippen molar-refractivity contribution in [3.63, 3.8) is 0 Å². The van der Waals surface area contributed by atoms with Crippen LogP contribution in [-0.2, 0) is 4.79 Å². The smallest absolute Gasteiger partial charge is 0.234 e. The molecule has 0 aliphatic carbocycles. The number of imidazole rings is 1. The monoisotopic (exact) mass is 437 g/mol. The van der Waals surface area contributed by atoms with E-state index in [0.29, 0.717) is 0 Å². The molecule has 0 unspecified atom stereocenters. The third kappa shape index (κ3) is 4.07. The van der Waals surface area contributed by atoms with Crippen LogP contribution in [0, 0.1) is 0 Å². The highest BCUT2D eigenvalue weighted by Gasteiger charge is 2.14. The van der Waals surface area contributed by atoms with Gasteiger partial charge in [0, 0.05) is 15.8 Å². The number of hydrogen-bond donors (Lipinski definition) is 1. The van der Waals surface area contributed by atoms with Crippen molar-refractivity contribution in [3.8, 4) is 5.69 Å². The minimum absolute atomic E-state index is 0.0611. The molecule has 1 heterocycles. The lowest BCUT2D eigenvalue weighted by atomic mass is 10.3. The lowest BCUT2D eigenvalue weighted by Crippen LogP contribution is -2.14. The minimum Gasteiger partial charge on any atom is -0.325 e. The summed E-state index contributed by atoms with van der Waals surface area (Å²) < 4.78 is 3.07. The number of hydrogen-bond acceptors (Lipinski definition) is 3. The van der Waals surface area contributed by atoms with E-state index in [1.165, 1.54) is 11.8 Å². The molecule has 0 saturated heterocycles. The van der Waals surface area contributed by atoms with Crippen LogP contribution >= 0.6 is 27.7 Å². The Morgan fingerprint density at radius 2 is 1.67 bits per heavy atom. The van der Waals surface area contributed by atoms with Gasteiger partial charge in [-0.15, -0.1) is 0 Å². The number of amides is 1. The quantitative estimate of drug-likeness (QED) is 0.418. The summed E-state index contributed by atoms with van der Waals surface area (Å²) in [4.78, 5) is 17.1. The first-order chi connectivity index (χ1) is 13.2. The van der Waals surface area contributed by atoms with Crippen LogP contribution in [0.4, 0.5) is 5.69 Å². The standard InChI is InChI=1S/C21H16BrN3OS/c22-15-10-12-16(13-11-15)23-20(26)14-27-21-24-18-8-4-5-9-19(18)25(21)17-6-2-1-3-7-17/h1-13H,14H2,(H,23,26). The summed E-state index contributed by atoms with van der Waals surface area (Å²) in [7, 11) is 0. The number of carbonyl (C=O) groups is 1. The average Bonchev–Trinajstić information content (AvgIpc) is 3.07. The van der Waals surface area contributed by atoms with Gasteiger partial charge in [-0.1, -0.05) is 58.0 Å². The average molecular weight is 438 g/mol. The summed E-state index contributed by atoms with van der Waals surface area (Å²) in [6, 6.07) is 25.6. The Balaban J connectivity index is 1.57. The maximum atomic E-state index is 12.4. The molecule has 27 heavy (non-hydrogen) atoms. The molecule has 0 saturated carbocycles. The van der Waals surface area contributed by atoms with Gasteiger partial charge in [0.05, 0.1) is 16.8 Å². The summed E-state index contributed by atoms with van der Waals surface area (Å²) in [6.07, 6.45) is 0. The minimum atomic E-state index is -0.0611. The van der Waals surface area contributed by atoms with E-state index in [-0.39, 0.29) is 11.7 Å². The number of thioether (sulfide) groups is 1.